The van der Waals surface area contributed by atoms with Crippen molar-refractivity contribution in [2.45, 2.75) is 13.8 Å². The fourth-order valence-corrected chi connectivity index (χ4v) is 1.52. The number of ether oxygens (including phenoxy) is 1. The number of hydrogen-bond acceptors (Lipinski definition) is 2. The van der Waals surface area contributed by atoms with E-state index in [0.29, 0.717) is 17.1 Å². The van der Waals surface area contributed by atoms with Crippen molar-refractivity contribution < 1.29 is 9.53 Å². The van der Waals surface area contributed by atoms with Gasteiger partial charge in [0.25, 0.3) is 0 Å². The molecule has 0 bridgehead atoms. The van der Waals surface area contributed by atoms with E-state index in [4.69, 9.17) is 4.74 Å². The van der Waals surface area contributed by atoms with E-state index < -0.39 is 0 Å². The third kappa shape index (κ3) is 2.83. The van der Waals surface area contributed by atoms with Crippen molar-refractivity contribution in [3.8, 4) is 5.75 Å². The maximum atomic E-state index is 11.2. The summed E-state index contributed by atoms with van der Waals surface area (Å²) in [6.07, 6.45) is 0. The van der Waals surface area contributed by atoms with Crippen LogP contribution in [0.1, 0.15) is 24.2 Å². The molecule has 14 heavy (non-hydrogen) atoms. The third-order valence-electron chi connectivity index (χ3n) is 1.61. The number of carbonyl (C=O) groups excluding carboxylic acids is 1. The molecule has 3 heteroatoms. The van der Waals surface area contributed by atoms with Crippen molar-refractivity contribution in [3.63, 3.8) is 0 Å². The van der Waals surface area contributed by atoms with Gasteiger partial charge in [-0.3, -0.25) is 4.79 Å². The zero-order valence-corrected chi connectivity index (χ0v) is 10.3. The first-order valence-electron chi connectivity index (χ1n) is 4.14. The summed E-state index contributed by atoms with van der Waals surface area (Å²) >= 11 is 2.17. The van der Waals surface area contributed by atoms with Crippen LogP contribution in [-0.4, -0.2) is 5.78 Å². The predicted molar refractivity (Wildman–Crippen MR) is 64.6 cm³/mol. The van der Waals surface area contributed by atoms with Gasteiger partial charge in [-0.15, -0.1) is 0 Å². The number of benzene rings is 1. The topological polar surface area (TPSA) is 26.3 Å². The van der Waals surface area contributed by atoms with E-state index in [1.165, 1.54) is 6.92 Å². The minimum Gasteiger partial charge on any atom is -0.462 e. The Morgan fingerprint density at radius 2 is 2.07 bits per heavy atom. The van der Waals surface area contributed by atoms with Crippen molar-refractivity contribution in [2.24, 2.45) is 0 Å². The van der Waals surface area contributed by atoms with Crippen LogP contribution in [0, 0.1) is 3.57 Å². The van der Waals surface area contributed by atoms with E-state index in [1.807, 2.05) is 12.1 Å². The van der Waals surface area contributed by atoms with Crippen LogP contribution < -0.4 is 4.74 Å². The van der Waals surface area contributed by atoms with Gasteiger partial charge in [0.15, 0.2) is 5.78 Å². The van der Waals surface area contributed by atoms with Gasteiger partial charge in [-0.05, 0) is 54.6 Å². The molecule has 0 amide bonds. The molecule has 0 radical (unpaired) electrons. The van der Waals surface area contributed by atoms with Gasteiger partial charge in [0.2, 0.25) is 0 Å². The number of ketones is 1. The first kappa shape index (κ1) is 11.2. The first-order valence-corrected chi connectivity index (χ1v) is 5.22. The molecular formula is C11H11IO2. The molecule has 0 aromatic heterocycles. The van der Waals surface area contributed by atoms with Gasteiger partial charge in [-0.2, -0.15) is 0 Å². The Hall–Kier alpha value is -0.840. The molecule has 0 atom stereocenters. The second kappa shape index (κ2) is 4.59. The van der Waals surface area contributed by atoms with Gasteiger partial charge < -0.3 is 4.74 Å². The minimum absolute atomic E-state index is 0.00218. The molecular weight excluding hydrogens is 291 g/mol. The van der Waals surface area contributed by atoms with Gasteiger partial charge in [-0.25, -0.2) is 0 Å². The van der Waals surface area contributed by atoms with Crippen LogP contribution in [0.5, 0.6) is 5.75 Å². The zero-order chi connectivity index (χ0) is 10.7. The van der Waals surface area contributed by atoms with Crippen LogP contribution in [0.4, 0.5) is 0 Å². The second-order valence-corrected chi connectivity index (χ2v) is 4.25. The average molecular weight is 302 g/mol. The van der Waals surface area contributed by atoms with Crippen LogP contribution in [0.25, 0.3) is 0 Å². The molecule has 0 spiro atoms. The number of hydrogen-bond donors (Lipinski definition) is 0. The van der Waals surface area contributed by atoms with E-state index >= 15 is 0 Å². The summed E-state index contributed by atoms with van der Waals surface area (Å²) < 4.78 is 6.40. The Morgan fingerprint density at radius 1 is 1.43 bits per heavy atom. The summed E-state index contributed by atoms with van der Waals surface area (Å²) in [7, 11) is 0. The lowest BCUT2D eigenvalue weighted by molar-refractivity contribution is 0.101. The maximum absolute atomic E-state index is 11.2. The van der Waals surface area contributed by atoms with Crippen molar-refractivity contribution in [3.05, 3.63) is 39.7 Å². The Kier molecular flexibility index (Phi) is 3.69. The minimum atomic E-state index is -0.00218. The zero-order valence-electron chi connectivity index (χ0n) is 8.13. The number of halogens is 1. The number of allylic oxidation sites excluding steroid dienone is 1. The molecule has 2 nitrogen and oxygen atoms in total. The third-order valence-corrected chi connectivity index (χ3v) is 2.28. The summed E-state index contributed by atoms with van der Waals surface area (Å²) in [5.74, 6) is 1.16. The smallest absolute Gasteiger partial charge is 0.163 e. The Labute approximate surface area is 97.1 Å². The fourth-order valence-electron chi connectivity index (χ4n) is 1.06. The summed E-state index contributed by atoms with van der Waals surface area (Å²) in [6.45, 7) is 6.92. The van der Waals surface area contributed by atoms with Crippen LogP contribution in [0.2, 0.25) is 0 Å². The van der Waals surface area contributed by atoms with Crippen LogP contribution in [0.3, 0.4) is 0 Å². The van der Waals surface area contributed by atoms with Crippen molar-refractivity contribution >= 4 is 28.4 Å². The van der Waals surface area contributed by atoms with Gasteiger partial charge in [-0.1, -0.05) is 6.58 Å². The molecule has 1 aromatic rings. The number of carbonyl (C=O) groups is 1. The normalized spacial score (nSPS) is 9.64. The van der Waals surface area contributed by atoms with Crippen molar-refractivity contribution in [2.75, 3.05) is 0 Å². The number of Topliss-reactive ketones (excluding diaryl/α,β-unsaturated/α-hetero) is 1. The highest BCUT2D eigenvalue weighted by molar-refractivity contribution is 14.1. The average Bonchev–Trinajstić information content (AvgIpc) is 2.01. The molecule has 1 aromatic carbocycles. The Morgan fingerprint density at radius 3 is 2.57 bits per heavy atom. The SMILES string of the molecule is C=C(C)Oc1cc(I)ccc1C(C)=O. The molecule has 0 saturated heterocycles. The molecule has 0 aliphatic heterocycles. The van der Waals surface area contributed by atoms with Crippen LogP contribution in [0.15, 0.2) is 30.5 Å². The fraction of sp³-hybridized carbons (Fsp3) is 0.182. The van der Waals surface area contributed by atoms with E-state index in [2.05, 4.69) is 29.2 Å². The lowest BCUT2D eigenvalue weighted by atomic mass is 10.1. The van der Waals surface area contributed by atoms with E-state index in [1.54, 1.807) is 13.0 Å². The Balaban J connectivity index is 3.15. The standard InChI is InChI=1S/C11H11IO2/c1-7(2)14-11-6-9(12)4-5-10(11)8(3)13/h4-6H,1H2,2-3H3. The first-order chi connectivity index (χ1) is 6.50. The molecule has 1 rings (SSSR count). The monoisotopic (exact) mass is 302 g/mol. The van der Waals surface area contributed by atoms with Crippen LogP contribution >= 0.6 is 22.6 Å². The van der Waals surface area contributed by atoms with Crippen LogP contribution in [-0.2, 0) is 0 Å². The van der Waals surface area contributed by atoms with Gasteiger partial charge >= 0.3 is 0 Å². The molecule has 0 saturated carbocycles. The van der Waals surface area contributed by atoms with Gasteiger partial charge in [0.05, 0.1) is 11.3 Å². The molecule has 0 aliphatic carbocycles. The molecule has 0 heterocycles. The van der Waals surface area contributed by atoms with Gasteiger partial charge in [0, 0.05) is 3.57 Å². The molecule has 0 N–H and O–H groups in total. The second-order valence-electron chi connectivity index (χ2n) is 3.00. The summed E-state index contributed by atoms with van der Waals surface area (Å²) in [5, 5.41) is 0. The summed E-state index contributed by atoms with van der Waals surface area (Å²) in [6, 6.07) is 5.47. The predicted octanol–water partition coefficient (Wildman–Crippen LogP) is 3.41. The highest BCUT2D eigenvalue weighted by atomic mass is 127. The molecule has 0 unspecified atom stereocenters. The lowest BCUT2D eigenvalue weighted by Crippen LogP contribution is -1.99. The molecule has 0 aliphatic rings. The van der Waals surface area contributed by atoms with E-state index in [0.717, 1.165) is 3.57 Å². The highest BCUT2D eigenvalue weighted by Crippen LogP contribution is 2.23. The highest BCUT2D eigenvalue weighted by Gasteiger charge is 2.08. The van der Waals surface area contributed by atoms with E-state index in [-0.39, 0.29) is 5.78 Å². The molecule has 74 valence electrons. The quantitative estimate of drug-likeness (QED) is 0.486. The van der Waals surface area contributed by atoms with Crippen molar-refractivity contribution in [1.82, 2.24) is 0 Å². The van der Waals surface area contributed by atoms with E-state index in [9.17, 15) is 4.79 Å². The summed E-state index contributed by atoms with van der Waals surface area (Å²) in [4.78, 5) is 11.2. The summed E-state index contributed by atoms with van der Waals surface area (Å²) in [5.41, 5.74) is 0.591. The largest absolute Gasteiger partial charge is 0.462 e. The Bertz CT molecular complexity index is 383. The van der Waals surface area contributed by atoms with Crippen molar-refractivity contribution in [1.29, 1.82) is 0 Å². The maximum Gasteiger partial charge on any atom is 0.163 e. The number of rotatable bonds is 3. The van der Waals surface area contributed by atoms with Gasteiger partial charge in [0.1, 0.15) is 5.75 Å². The lowest BCUT2D eigenvalue weighted by Gasteiger charge is -2.08. The molecule has 0 fully saturated rings.